The second-order valence-corrected chi connectivity index (χ2v) is 7.99. The van der Waals surface area contributed by atoms with Crippen molar-refractivity contribution >= 4 is 32.3 Å². The SMILES string of the molecule is CS(=O)(=O)c1ccc(F)c(NC(=O)CCn2cnc3ccccc3c2=O)c1. The topological polar surface area (TPSA) is 98.1 Å². The third-order valence-electron chi connectivity index (χ3n) is 3.95. The van der Waals surface area contributed by atoms with Gasteiger partial charge in [-0.3, -0.25) is 14.2 Å². The summed E-state index contributed by atoms with van der Waals surface area (Å²) in [5.41, 5.74) is 0.0495. The van der Waals surface area contributed by atoms with Crippen molar-refractivity contribution < 1.29 is 17.6 Å². The minimum atomic E-state index is -3.53. The number of sulfone groups is 1. The summed E-state index contributed by atoms with van der Waals surface area (Å²) < 4.78 is 38.3. The van der Waals surface area contributed by atoms with Gasteiger partial charge in [-0.25, -0.2) is 17.8 Å². The zero-order valence-electron chi connectivity index (χ0n) is 14.3. The molecule has 0 saturated heterocycles. The van der Waals surface area contributed by atoms with Crippen LogP contribution in [0, 0.1) is 5.82 Å². The number of nitrogens with zero attached hydrogens (tertiary/aromatic N) is 2. The van der Waals surface area contributed by atoms with E-state index in [1.807, 2.05) is 0 Å². The summed E-state index contributed by atoms with van der Waals surface area (Å²) in [5.74, 6) is -1.31. The number of benzene rings is 2. The number of para-hydroxylation sites is 1. The van der Waals surface area contributed by atoms with Crippen LogP contribution in [0.5, 0.6) is 0 Å². The van der Waals surface area contributed by atoms with Crippen molar-refractivity contribution in [2.24, 2.45) is 0 Å². The zero-order valence-corrected chi connectivity index (χ0v) is 15.2. The molecule has 140 valence electrons. The molecular weight excluding hydrogens is 373 g/mol. The second-order valence-electron chi connectivity index (χ2n) is 5.97. The molecule has 0 bridgehead atoms. The Bertz CT molecular complexity index is 1190. The summed E-state index contributed by atoms with van der Waals surface area (Å²) in [4.78, 5) is 28.5. The number of hydrogen-bond donors (Lipinski definition) is 1. The van der Waals surface area contributed by atoms with E-state index in [0.29, 0.717) is 10.9 Å². The van der Waals surface area contributed by atoms with Gasteiger partial charge in [0.15, 0.2) is 9.84 Å². The summed E-state index contributed by atoms with van der Waals surface area (Å²) in [7, 11) is -3.53. The molecule has 3 aromatic rings. The predicted molar refractivity (Wildman–Crippen MR) is 98.8 cm³/mol. The fraction of sp³-hybridized carbons (Fsp3) is 0.167. The van der Waals surface area contributed by atoms with E-state index in [4.69, 9.17) is 0 Å². The van der Waals surface area contributed by atoms with Gasteiger partial charge in [0.25, 0.3) is 5.56 Å². The Labute approximate surface area is 154 Å². The van der Waals surface area contributed by atoms with Crippen LogP contribution < -0.4 is 10.9 Å². The monoisotopic (exact) mass is 389 g/mol. The van der Waals surface area contributed by atoms with Gasteiger partial charge in [0.05, 0.1) is 27.8 Å². The van der Waals surface area contributed by atoms with Gasteiger partial charge in [0.1, 0.15) is 5.82 Å². The molecule has 9 heteroatoms. The number of aryl methyl sites for hydroxylation is 1. The lowest BCUT2D eigenvalue weighted by Crippen LogP contribution is -2.23. The predicted octanol–water partition coefficient (Wildman–Crippen LogP) is 1.97. The highest BCUT2D eigenvalue weighted by Crippen LogP contribution is 2.19. The smallest absolute Gasteiger partial charge is 0.261 e. The number of carbonyl (C=O) groups excluding carboxylic acids is 1. The van der Waals surface area contributed by atoms with E-state index in [2.05, 4.69) is 10.3 Å². The third kappa shape index (κ3) is 4.20. The van der Waals surface area contributed by atoms with E-state index in [1.165, 1.54) is 10.9 Å². The summed E-state index contributed by atoms with van der Waals surface area (Å²) in [6.45, 7) is 0.0515. The van der Waals surface area contributed by atoms with Gasteiger partial charge in [-0.15, -0.1) is 0 Å². The molecular formula is C18H16FN3O4S. The maximum absolute atomic E-state index is 13.8. The molecule has 0 saturated carbocycles. The lowest BCUT2D eigenvalue weighted by atomic mass is 10.2. The van der Waals surface area contributed by atoms with Gasteiger partial charge < -0.3 is 5.32 Å². The average Bonchev–Trinajstić information content (AvgIpc) is 2.62. The first-order valence-corrected chi connectivity index (χ1v) is 9.88. The summed E-state index contributed by atoms with van der Waals surface area (Å²) in [6, 6.07) is 10.0. The summed E-state index contributed by atoms with van der Waals surface area (Å²) >= 11 is 0. The van der Waals surface area contributed by atoms with Gasteiger partial charge in [0.2, 0.25) is 5.91 Å². The molecule has 2 aromatic carbocycles. The zero-order chi connectivity index (χ0) is 19.6. The van der Waals surface area contributed by atoms with Crippen molar-refractivity contribution in [3.63, 3.8) is 0 Å². The van der Waals surface area contributed by atoms with Gasteiger partial charge >= 0.3 is 0 Å². The highest BCUT2D eigenvalue weighted by Gasteiger charge is 2.13. The van der Waals surface area contributed by atoms with E-state index >= 15 is 0 Å². The lowest BCUT2D eigenvalue weighted by molar-refractivity contribution is -0.116. The van der Waals surface area contributed by atoms with Crippen LogP contribution in [0.25, 0.3) is 10.9 Å². The van der Waals surface area contributed by atoms with Crippen LogP contribution in [-0.4, -0.2) is 30.1 Å². The second kappa shape index (κ2) is 7.28. The van der Waals surface area contributed by atoms with Crippen LogP contribution in [0.2, 0.25) is 0 Å². The molecule has 1 N–H and O–H groups in total. The van der Waals surface area contributed by atoms with E-state index in [9.17, 15) is 22.4 Å². The number of nitrogens with one attached hydrogen (secondary N) is 1. The molecule has 0 fully saturated rings. The summed E-state index contributed by atoms with van der Waals surface area (Å²) in [5, 5.41) is 2.77. The van der Waals surface area contributed by atoms with Crippen LogP contribution in [-0.2, 0) is 21.2 Å². The number of aromatic nitrogens is 2. The first-order chi connectivity index (χ1) is 12.8. The number of fused-ring (bicyclic) bond motifs is 1. The van der Waals surface area contributed by atoms with Crippen LogP contribution in [0.1, 0.15) is 6.42 Å². The first kappa shape index (κ1) is 18.7. The van der Waals surface area contributed by atoms with Crippen LogP contribution in [0.15, 0.2) is 58.5 Å². The van der Waals surface area contributed by atoms with Crippen molar-refractivity contribution in [3.05, 3.63) is 65.0 Å². The van der Waals surface area contributed by atoms with Crippen molar-refractivity contribution in [1.29, 1.82) is 0 Å². The lowest BCUT2D eigenvalue weighted by Gasteiger charge is -2.09. The Balaban J connectivity index is 1.74. The first-order valence-electron chi connectivity index (χ1n) is 7.99. The number of carbonyl (C=O) groups is 1. The number of rotatable bonds is 5. The van der Waals surface area contributed by atoms with E-state index in [0.717, 1.165) is 24.5 Å². The molecule has 1 heterocycles. The van der Waals surface area contributed by atoms with E-state index < -0.39 is 21.6 Å². The quantitative estimate of drug-likeness (QED) is 0.673. The third-order valence-corrected chi connectivity index (χ3v) is 5.06. The van der Waals surface area contributed by atoms with E-state index in [-0.39, 0.29) is 29.1 Å². The van der Waals surface area contributed by atoms with Gasteiger partial charge in [0, 0.05) is 19.2 Å². The van der Waals surface area contributed by atoms with Crippen molar-refractivity contribution in [3.8, 4) is 0 Å². The van der Waals surface area contributed by atoms with Gasteiger partial charge in [-0.1, -0.05) is 12.1 Å². The number of anilines is 1. The Hall–Kier alpha value is -3.07. The van der Waals surface area contributed by atoms with Crippen molar-refractivity contribution in [2.45, 2.75) is 17.9 Å². The molecule has 0 aliphatic carbocycles. The molecule has 1 aromatic heterocycles. The van der Waals surface area contributed by atoms with Gasteiger partial charge in [-0.05, 0) is 30.3 Å². The molecule has 0 unspecified atom stereocenters. The molecule has 3 rings (SSSR count). The molecule has 0 aliphatic rings. The van der Waals surface area contributed by atoms with Crippen LogP contribution in [0.3, 0.4) is 0 Å². The normalized spacial score (nSPS) is 11.5. The Morgan fingerprint density at radius 1 is 1.22 bits per heavy atom. The standard InChI is InChI=1S/C18H16FN3O4S/c1-27(25,26)12-6-7-14(19)16(10-12)21-17(23)8-9-22-11-20-15-5-3-2-4-13(15)18(22)24/h2-7,10-11H,8-9H2,1H3,(H,21,23). The Kier molecular flexibility index (Phi) is 5.04. The Morgan fingerprint density at radius 3 is 2.70 bits per heavy atom. The largest absolute Gasteiger partial charge is 0.324 e. The molecule has 1 amide bonds. The maximum atomic E-state index is 13.8. The maximum Gasteiger partial charge on any atom is 0.261 e. The minimum absolute atomic E-state index is 0.0515. The number of amides is 1. The molecule has 7 nitrogen and oxygen atoms in total. The average molecular weight is 389 g/mol. The number of halogens is 1. The minimum Gasteiger partial charge on any atom is -0.324 e. The number of hydrogen-bond acceptors (Lipinski definition) is 5. The van der Waals surface area contributed by atoms with Gasteiger partial charge in [-0.2, -0.15) is 0 Å². The van der Waals surface area contributed by atoms with Crippen molar-refractivity contribution in [1.82, 2.24) is 9.55 Å². The molecule has 0 spiro atoms. The summed E-state index contributed by atoms with van der Waals surface area (Å²) in [6.07, 6.45) is 2.23. The Morgan fingerprint density at radius 2 is 1.96 bits per heavy atom. The van der Waals surface area contributed by atoms with Crippen LogP contribution >= 0.6 is 0 Å². The fourth-order valence-electron chi connectivity index (χ4n) is 2.53. The van der Waals surface area contributed by atoms with E-state index in [1.54, 1.807) is 24.3 Å². The van der Waals surface area contributed by atoms with Crippen molar-refractivity contribution in [2.75, 3.05) is 11.6 Å². The molecule has 0 radical (unpaired) electrons. The highest BCUT2D eigenvalue weighted by atomic mass is 32.2. The fourth-order valence-corrected chi connectivity index (χ4v) is 3.18. The molecule has 0 atom stereocenters. The molecule has 0 aliphatic heterocycles. The van der Waals surface area contributed by atoms with Crippen LogP contribution in [0.4, 0.5) is 10.1 Å². The molecule has 27 heavy (non-hydrogen) atoms. The highest BCUT2D eigenvalue weighted by molar-refractivity contribution is 7.90.